The molecule has 0 aromatic carbocycles. The smallest absolute Gasteiger partial charge is 0.225 e. The fourth-order valence-corrected chi connectivity index (χ4v) is 3.89. The summed E-state index contributed by atoms with van der Waals surface area (Å²) in [5.41, 5.74) is 0.225. The first-order valence-corrected chi connectivity index (χ1v) is 8.88. The van der Waals surface area contributed by atoms with Crippen LogP contribution < -0.4 is 4.90 Å². The van der Waals surface area contributed by atoms with Crippen molar-refractivity contribution in [2.45, 2.75) is 46.0 Å². The standard InChI is InChI=1S/C18H28N4O/c1-15(2)6-12-21-13-18(8-5-16(21)23)7-3-11-22(14-18)17-19-9-4-10-20-17/h4,9-10,15H,3,5-8,11-14H2,1-2H3/t18-/m1/s1. The Kier molecular flexibility index (Phi) is 4.83. The zero-order chi connectivity index (χ0) is 16.3. The molecule has 2 aliphatic heterocycles. The minimum atomic E-state index is 0.225. The second-order valence-electron chi connectivity index (χ2n) is 7.57. The molecule has 3 heterocycles. The van der Waals surface area contributed by atoms with Crippen molar-refractivity contribution in [1.82, 2.24) is 14.9 Å². The van der Waals surface area contributed by atoms with Gasteiger partial charge in [-0.15, -0.1) is 0 Å². The summed E-state index contributed by atoms with van der Waals surface area (Å²) in [7, 11) is 0. The van der Waals surface area contributed by atoms with Gasteiger partial charge in [0.2, 0.25) is 11.9 Å². The molecule has 2 fully saturated rings. The van der Waals surface area contributed by atoms with Gasteiger partial charge in [0.25, 0.3) is 0 Å². The summed E-state index contributed by atoms with van der Waals surface area (Å²) < 4.78 is 0. The number of hydrogen-bond acceptors (Lipinski definition) is 4. The van der Waals surface area contributed by atoms with E-state index >= 15 is 0 Å². The number of anilines is 1. The van der Waals surface area contributed by atoms with E-state index in [1.165, 1.54) is 6.42 Å². The van der Waals surface area contributed by atoms with Crippen LogP contribution in [0.15, 0.2) is 18.5 Å². The molecule has 2 saturated heterocycles. The minimum absolute atomic E-state index is 0.225. The van der Waals surface area contributed by atoms with Gasteiger partial charge < -0.3 is 9.80 Å². The Labute approximate surface area is 139 Å². The minimum Gasteiger partial charge on any atom is -0.342 e. The summed E-state index contributed by atoms with van der Waals surface area (Å²) in [6.45, 7) is 8.24. The molecule has 1 aromatic rings. The lowest BCUT2D eigenvalue weighted by Crippen LogP contribution is -2.54. The van der Waals surface area contributed by atoms with Crippen LogP contribution in [-0.2, 0) is 4.79 Å². The molecule has 0 N–H and O–H groups in total. The van der Waals surface area contributed by atoms with Crippen molar-refractivity contribution >= 4 is 11.9 Å². The van der Waals surface area contributed by atoms with Crippen molar-refractivity contribution < 1.29 is 4.79 Å². The highest BCUT2D eigenvalue weighted by molar-refractivity contribution is 5.77. The summed E-state index contributed by atoms with van der Waals surface area (Å²) in [6, 6.07) is 1.86. The number of piperidine rings is 2. The van der Waals surface area contributed by atoms with E-state index in [1.807, 2.05) is 18.5 Å². The van der Waals surface area contributed by atoms with E-state index in [2.05, 4.69) is 33.6 Å². The first-order valence-electron chi connectivity index (χ1n) is 8.88. The molecular formula is C18H28N4O. The van der Waals surface area contributed by atoms with E-state index in [-0.39, 0.29) is 5.41 Å². The lowest BCUT2D eigenvalue weighted by atomic mass is 9.73. The fourth-order valence-electron chi connectivity index (χ4n) is 3.89. The third-order valence-electron chi connectivity index (χ3n) is 5.22. The van der Waals surface area contributed by atoms with Crippen molar-refractivity contribution in [2.75, 3.05) is 31.1 Å². The number of carbonyl (C=O) groups excluding carboxylic acids is 1. The average Bonchev–Trinajstić information content (AvgIpc) is 2.57. The van der Waals surface area contributed by atoms with E-state index in [1.54, 1.807) is 0 Å². The van der Waals surface area contributed by atoms with Crippen LogP contribution in [0.1, 0.15) is 46.0 Å². The van der Waals surface area contributed by atoms with E-state index in [4.69, 9.17) is 0 Å². The molecule has 0 saturated carbocycles. The third kappa shape index (κ3) is 3.82. The number of carbonyl (C=O) groups is 1. The van der Waals surface area contributed by atoms with Gasteiger partial charge in [-0.3, -0.25) is 4.79 Å². The lowest BCUT2D eigenvalue weighted by molar-refractivity contribution is -0.138. The first-order chi connectivity index (χ1) is 11.1. The molecule has 1 spiro atoms. The van der Waals surface area contributed by atoms with Crippen LogP contribution in [0.3, 0.4) is 0 Å². The molecule has 0 aliphatic carbocycles. The first kappa shape index (κ1) is 16.2. The van der Waals surface area contributed by atoms with Crippen LogP contribution in [0.5, 0.6) is 0 Å². The van der Waals surface area contributed by atoms with Crippen LogP contribution in [0, 0.1) is 11.3 Å². The molecule has 3 rings (SSSR count). The predicted octanol–water partition coefficient (Wildman–Crippen LogP) is 2.73. The summed E-state index contributed by atoms with van der Waals surface area (Å²) >= 11 is 0. The maximum atomic E-state index is 12.3. The van der Waals surface area contributed by atoms with Crippen LogP contribution in [0.2, 0.25) is 0 Å². The van der Waals surface area contributed by atoms with Crippen molar-refractivity contribution in [1.29, 1.82) is 0 Å². The Bertz CT molecular complexity index is 533. The largest absolute Gasteiger partial charge is 0.342 e. The van der Waals surface area contributed by atoms with Gasteiger partial charge in [-0.05, 0) is 37.7 Å². The third-order valence-corrected chi connectivity index (χ3v) is 5.22. The molecule has 126 valence electrons. The van der Waals surface area contributed by atoms with E-state index in [0.29, 0.717) is 18.2 Å². The molecule has 1 amide bonds. The Hall–Kier alpha value is -1.65. The van der Waals surface area contributed by atoms with Crippen LogP contribution in [-0.4, -0.2) is 47.0 Å². The van der Waals surface area contributed by atoms with Gasteiger partial charge in [-0.2, -0.15) is 0 Å². The molecule has 0 radical (unpaired) electrons. The highest BCUT2D eigenvalue weighted by Gasteiger charge is 2.42. The van der Waals surface area contributed by atoms with Gasteiger partial charge in [0.15, 0.2) is 0 Å². The average molecular weight is 316 g/mol. The maximum absolute atomic E-state index is 12.3. The van der Waals surface area contributed by atoms with E-state index in [0.717, 1.165) is 51.4 Å². The van der Waals surface area contributed by atoms with Crippen molar-refractivity contribution in [3.8, 4) is 0 Å². The molecule has 1 aromatic heterocycles. The summed E-state index contributed by atoms with van der Waals surface area (Å²) in [4.78, 5) is 25.5. The van der Waals surface area contributed by atoms with Gasteiger partial charge in [0.05, 0.1) is 0 Å². The molecule has 5 heteroatoms. The molecule has 5 nitrogen and oxygen atoms in total. The molecular weight excluding hydrogens is 288 g/mol. The van der Waals surface area contributed by atoms with Crippen molar-refractivity contribution in [3.05, 3.63) is 18.5 Å². The zero-order valence-electron chi connectivity index (χ0n) is 14.4. The van der Waals surface area contributed by atoms with Gasteiger partial charge in [-0.1, -0.05) is 13.8 Å². The SMILES string of the molecule is CC(C)CCN1C[C@@]2(CCCN(c3ncccn3)C2)CCC1=O. The quantitative estimate of drug-likeness (QED) is 0.857. The number of rotatable bonds is 4. The van der Waals surface area contributed by atoms with Gasteiger partial charge in [0.1, 0.15) is 0 Å². The number of aromatic nitrogens is 2. The van der Waals surface area contributed by atoms with Gasteiger partial charge in [0, 0.05) is 50.4 Å². The molecule has 23 heavy (non-hydrogen) atoms. The van der Waals surface area contributed by atoms with Gasteiger partial charge in [-0.25, -0.2) is 9.97 Å². The predicted molar refractivity (Wildman–Crippen MR) is 91.2 cm³/mol. The fraction of sp³-hybridized carbons (Fsp3) is 0.722. The van der Waals surface area contributed by atoms with Crippen LogP contribution in [0.4, 0.5) is 5.95 Å². The Morgan fingerprint density at radius 3 is 2.74 bits per heavy atom. The molecule has 1 atom stereocenters. The zero-order valence-corrected chi connectivity index (χ0v) is 14.4. The lowest BCUT2D eigenvalue weighted by Gasteiger charge is -2.48. The number of nitrogens with zero attached hydrogens (tertiary/aromatic N) is 4. The van der Waals surface area contributed by atoms with Crippen LogP contribution in [0.25, 0.3) is 0 Å². The highest BCUT2D eigenvalue weighted by Crippen LogP contribution is 2.39. The van der Waals surface area contributed by atoms with E-state index < -0.39 is 0 Å². The number of likely N-dealkylation sites (tertiary alicyclic amines) is 1. The second kappa shape index (κ2) is 6.85. The van der Waals surface area contributed by atoms with Crippen molar-refractivity contribution in [2.24, 2.45) is 11.3 Å². The summed E-state index contributed by atoms with van der Waals surface area (Å²) in [5.74, 6) is 1.81. The normalized spacial score (nSPS) is 25.4. The Morgan fingerprint density at radius 1 is 1.22 bits per heavy atom. The second-order valence-corrected chi connectivity index (χ2v) is 7.57. The van der Waals surface area contributed by atoms with Crippen molar-refractivity contribution in [3.63, 3.8) is 0 Å². The topological polar surface area (TPSA) is 49.3 Å². The Balaban J connectivity index is 1.69. The summed E-state index contributed by atoms with van der Waals surface area (Å²) in [6.07, 6.45) is 8.78. The molecule has 0 bridgehead atoms. The number of amides is 1. The monoisotopic (exact) mass is 316 g/mol. The van der Waals surface area contributed by atoms with E-state index in [9.17, 15) is 4.79 Å². The molecule has 2 aliphatic rings. The van der Waals surface area contributed by atoms with Gasteiger partial charge >= 0.3 is 0 Å². The number of hydrogen-bond donors (Lipinski definition) is 0. The highest BCUT2D eigenvalue weighted by atomic mass is 16.2. The molecule has 0 unspecified atom stereocenters. The Morgan fingerprint density at radius 2 is 2.00 bits per heavy atom. The summed E-state index contributed by atoms with van der Waals surface area (Å²) in [5, 5.41) is 0. The van der Waals surface area contributed by atoms with Crippen LogP contribution >= 0.6 is 0 Å². The maximum Gasteiger partial charge on any atom is 0.225 e.